The van der Waals surface area contributed by atoms with Crippen LogP contribution in [0.5, 0.6) is 0 Å². The lowest BCUT2D eigenvalue weighted by molar-refractivity contribution is -0.145. The molecule has 0 bridgehead atoms. The van der Waals surface area contributed by atoms with Gasteiger partial charge in [0, 0.05) is 0 Å². The number of carbonyl (C=O) groups excluding carboxylic acids is 1. The standard InChI is InChI=1S/C11H14FNO2/c1-3-15-11(14)9(2)13(12)10-7-5-4-6-8-10/h4-9H,3H2,1-2H3/t9-/m0/s1. The van der Waals surface area contributed by atoms with E-state index < -0.39 is 12.0 Å². The summed E-state index contributed by atoms with van der Waals surface area (Å²) in [7, 11) is 0. The van der Waals surface area contributed by atoms with E-state index in [1.165, 1.54) is 6.92 Å². The Morgan fingerprint density at radius 3 is 2.60 bits per heavy atom. The number of anilines is 1. The van der Waals surface area contributed by atoms with Crippen molar-refractivity contribution in [1.82, 2.24) is 0 Å². The smallest absolute Gasteiger partial charge is 0.331 e. The zero-order valence-electron chi connectivity index (χ0n) is 8.81. The average Bonchev–Trinajstić information content (AvgIpc) is 2.28. The molecular weight excluding hydrogens is 197 g/mol. The zero-order valence-corrected chi connectivity index (χ0v) is 8.81. The van der Waals surface area contributed by atoms with Gasteiger partial charge in [0.05, 0.1) is 12.3 Å². The summed E-state index contributed by atoms with van der Waals surface area (Å²) in [6.07, 6.45) is 0. The lowest BCUT2D eigenvalue weighted by Gasteiger charge is -2.19. The van der Waals surface area contributed by atoms with E-state index in [2.05, 4.69) is 0 Å². The quantitative estimate of drug-likeness (QED) is 0.565. The van der Waals surface area contributed by atoms with Gasteiger partial charge in [0.2, 0.25) is 0 Å². The van der Waals surface area contributed by atoms with Gasteiger partial charge < -0.3 is 4.74 Å². The van der Waals surface area contributed by atoms with Crippen molar-refractivity contribution in [3.63, 3.8) is 0 Å². The van der Waals surface area contributed by atoms with Gasteiger partial charge in [-0.05, 0) is 26.0 Å². The molecule has 0 fully saturated rings. The summed E-state index contributed by atoms with van der Waals surface area (Å²) in [5.74, 6) is -0.566. The molecule has 0 saturated heterocycles. The topological polar surface area (TPSA) is 29.5 Å². The highest BCUT2D eigenvalue weighted by Gasteiger charge is 2.22. The number of hydrogen-bond acceptors (Lipinski definition) is 3. The molecule has 0 heterocycles. The molecule has 0 spiro atoms. The van der Waals surface area contributed by atoms with Crippen molar-refractivity contribution in [2.75, 3.05) is 11.7 Å². The summed E-state index contributed by atoms with van der Waals surface area (Å²) < 4.78 is 18.4. The molecule has 0 N–H and O–H groups in total. The molecule has 1 atom stereocenters. The maximum absolute atomic E-state index is 13.6. The third-order valence-corrected chi connectivity index (χ3v) is 1.97. The van der Waals surface area contributed by atoms with Crippen LogP contribution in [0.3, 0.4) is 0 Å². The van der Waals surface area contributed by atoms with Gasteiger partial charge >= 0.3 is 5.97 Å². The second-order valence-electron chi connectivity index (χ2n) is 3.07. The van der Waals surface area contributed by atoms with Gasteiger partial charge in [0.15, 0.2) is 6.04 Å². The van der Waals surface area contributed by atoms with E-state index in [9.17, 15) is 9.28 Å². The van der Waals surface area contributed by atoms with Crippen molar-refractivity contribution < 1.29 is 14.0 Å². The van der Waals surface area contributed by atoms with Crippen LogP contribution in [0, 0.1) is 0 Å². The summed E-state index contributed by atoms with van der Waals surface area (Å²) in [4.78, 5) is 11.3. The third kappa shape index (κ3) is 2.94. The van der Waals surface area contributed by atoms with Gasteiger partial charge in [0.1, 0.15) is 0 Å². The Kier molecular flexibility index (Phi) is 4.09. The normalized spacial score (nSPS) is 11.9. The van der Waals surface area contributed by atoms with Gasteiger partial charge in [-0.25, -0.2) is 4.79 Å². The fourth-order valence-corrected chi connectivity index (χ4v) is 1.15. The molecule has 0 aliphatic carbocycles. The van der Waals surface area contributed by atoms with Crippen LogP contribution in [0.1, 0.15) is 13.8 Å². The number of rotatable bonds is 4. The second-order valence-corrected chi connectivity index (χ2v) is 3.07. The minimum Gasteiger partial charge on any atom is -0.464 e. The first-order valence-corrected chi connectivity index (χ1v) is 4.83. The number of benzene rings is 1. The minimum absolute atomic E-state index is 0.256. The Morgan fingerprint density at radius 1 is 1.47 bits per heavy atom. The third-order valence-electron chi connectivity index (χ3n) is 1.97. The Morgan fingerprint density at radius 2 is 2.07 bits per heavy atom. The average molecular weight is 211 g/mol. The maximum Gasteiger partial charge on any atom is 0.331 e. The van der Waals surface area contributed by atoms with Crippen molar-refractivity contribution >= 4 is 11.7 Å². The lowest BCUT2D eigenvalue weighted by Crippen LogP contribution is -2.34. The van der Waals surface area contributed by atoms with Gasteiger partial charge in [-0.1, -0.05) is 22.7 Å². The highest BCUT2D eigenvalue weighted by molar-refractivity contribution is 5.78. The Hall–Kier alpha value is -1.58. The van der Waals surface area contributed by atoms with E-state index in [1.807, 2.05) is 0 Å². The molecule has 15 heavy (non-hydrogen) atoms. The molecule has 0 unspecified atom stereocenters. The summed E-state index contributed by atoms with van der Waals surface area (Å²) in [5.41, 5.74) is 0.345. The molecule has 1 aromatic carbocycles. The van der Waals surface area contributed by atoms with E-state index in [4.69, 9.17) is 4.74 Å². The van der Waals surface area contributed by atoms with Crippen LogP contribution in [-0.2, 0) is 9.53 Å². The molecule has 0 radical (unpaired) electrons. The molecular formula is C11H14FNO2. The number of para-hydroxylation sites is 1. The first kappa shape index (κ1) is 11.5. The lowest BCUT2D eigenvalue weighted by atomic mass is 10.2. The van der Waals surface area contributed by atoms with Crippen molar-refractivity contribution in [2.24, 2.45) is 0 Å². The van der Waals surface area contributed by atoms with Gasteiger partial charge in [-0.15, -0.1) is 0 Å². The first-order chi connectivity index (χ1) is 7.16. The first-order valence-electron chi connectivity index (χ1n) is 4.83. The molecule has 4 heteroatoms. The van der Waals surface area contributed by atoms with Crippen LogP contribution < -0.4 is 5.12 Å². The fraction of sp³-hybridized carbons (Fsp3) is 0.364. The van der Waals surface area contributed by atoms with Crippen molar-refractivity contribution in [1.29, 1.82) is 0 Å². The summed E-state index contributed by atoms with van der Waals surface area (Å²) in [6.45, 7) is 3.41. The SMILES string of the molecule is CCOC(=O)[C@H](C)N(F)c1ccccc1. The van der Waals surface area contributed by atoms with E-state index in [1.54, 1.807) is 37.3 Å². The van der Waals surface area contributed by atoms with Crippen LogP contribution in [0.2, 0.25) is 0 Å². The highest BCUT2D eigenvalue weighted by Crippen LogP contribution is 2.17. The predicted molar refractivity (Wildman–Crippen MR) is 56.1 cm³/mol. The molecule has 0 saturated carbocycles. The minimum atomic E-state index is -0.924. The Labute approximate surface area is 88.4 Å². The molecule has 0 aliphatic rings. The van der Waals surface area contributed by atoms with Gasteiger partial charge in [0.25, 0.3) is 0 Å². The van der Waals surface area contributed by atoms with Crippen molar-refractivity contribution in [3.8, 4) is 0 Å². The van der Waals surface area contributed by atoms with Crippen LogP contribution in [0.4, 0.5) is 10.2 Å². The van der Waals surface area contributed by atoms with E-state index in [-0.39, 0.29) is 6.61 Å². The summed E-state index contributed by atoms with van der Waals surface area (Å²) >= 11 is 0. The monoisotopic (exact) mass is 211 g/mol. The van der Waals surface area contributed by atoms with Crippen LogP contribution in [-0.4, -0.2) is 18.6 Å². The van der Waals surface area contributed by atoms with Gasteiger partial charge in [-0.3, -0.25) is 0 Å². The van der Waals surface area contributed by atoms with Crippen LogP contribution in [0.25, 0.3) is 0 Å². The number of halogens is 1. The predicted octanol–water partition coefficient (Wildman–Crippen LogP) is 2.33. The number of ether oxygens (including phenoxy) is 1. The van der Waals surface area contributed by atoms with E-state index in [0.29, 0.717) is 10.8 Å². The van der Waals surface area contributed by atoms with Crippen molar-refractivity contribution in [3.05, 3.63) is 30.3 Å². The number of carbonyl (C=O) groups is 1. The number of esters is 1. The molecule has 3 nitrogen and oxygen atoms in total. The number of hydrogen-bond donors (Lipinski definition) is 0. The number of nitrogens with zero attached hydrogens (tertiary/aromatic N) is 1. The van der Waals surface area contributed by atoms with Crippen LogP contribution in [0.15, 0.2) is 30.3 Å². The molecule has 82 valence electrons. The second kappa shape index (κ2) is 5.34. The fourth-order valence-electron chi connectivity index (χ4n) is 1.15. The largest absolute Gasteiger partial charge is 0.464 e. The van der Waals surface area contributed by atoms with E-state index >= 15 is 0 Å². The summed E-state index contributed by atoms with van der Waals surface area (Å²) in [6, 6.07) is 7.46. The zero-order chi connectivity index (χ0) is 11.3. The van der Waals surface area contributed by atoms with Gasteiger partial charge in [-0.2, -0.15) is 5.12 Å². The Balaban J connectivity index is 2.68. The molecule has 0 aromatic heterocycles. The molecule has 0 aliphatic heterocycles. The maximum atomic E-state index is 13.6. The van der Waals surface area contributed by atoms with Crippen molar-refractivity contribution in [2.45, 2.75) is 19.9 Å². The summed E-state index contributed by atoms with van der Waals surface area (Å²) in [5, 5.41) is 0.401. The highest BCUT2D eigenvalue weighted by atomic mass is 19.2. The van der Waals surface area contributed by atoms with E-state index in [0.717, 1.165) is 0 Å². The molecule has 1 aromatic rings. The Bertz CT molecular complexity index is 316. The molecule has 1 rings (SSSR count). The molecule has 0 amide bonds. The van der Waals surface area contributed by atoms with Crippen LogP contribution >= 0.6 is 0 Å².